The minimum absolute atomic E-state index is 0.00907. The molecule has 1 rings (SSSR count). The Labute approximate surface area is 112 Å². The smallest absolute Gasteiger partial charge is 0.241 e. The van der Waals surface area contributed by atoms with Gasteiger partial charge in [-0.25, -0.2) is 0 Å². The van der Waals surface area contributed by atoms with Gasteiger partial charge in [0.2, 0.25) is 5.91 Å². The highest BCUT2D eigenvalue weighted by molar-refractivity contribution is 5.85. The molecule has 3 atom stereocenters. The Kier molecular flexibility index (Phi) is 5.20. The lowest BCUT2D eigenvalue weighted by atomic mass is 9.97. The largest absolute Gasteiger partial charge is 0.322 e. The van der Waals surface area contributed by atoms with E-state index in [1.165, 1.54) is 0 Å². The maximum atomic E-state index is 12.6. The van der Waals surface area contributed by atoms with E-state index in [9.17, 15) is 4.79 Å². The van der Waals surface area contributed by atoms with E-state index in [4.69, 9.17) is 0 Å². The third-order valence-electron chi connectivity index (χ3n) is 4.01. The first-order valence-corrected chi connectivity index (χ1v) is 7.39. The molecule has 0 aromatic rings. The minimum atomic E-state index is -0.00907. The van der Waals surface area contributed by atoms with Gasteiger partial charge in [0.05, 0.1) is 12.2 Å². The van der Waals surface area contributed by atoms with Gasteiger partial charge in [0, 0.05) is 6.04 Å². The van der Waals surface area contributed by atoms with E-state index in [2.05, 4.69) is 58.7 Å². The van der Waals surface area contributed by atoms with Crippen molar-refractivity contribution in [3.8, 4) is 0 Å². The van der Waals surface area contributed by atoms with E-state index in [1.54, 1.807) is 0 Å². The Balaban J connectivity index is 3.00. The van der Waals surface area contributed by atoms with E-state index >= 15 is 0 Å². The molecule has 1 saturated heterocycles. The maximum absolute atomic E-state index is 12.6. The van der Waals surface area contributed by atoms with E-state index in [1.807, 2.05) is 0 Å². The highest BCUT2D eigenvalue weighted by Crippen LogP contribution is 2.28. The first kappa shape index (κ1) is 15.5. The second-order valence-electron chi connectivity index (χ2n) is 6.54. The molecule has 1 fully saturated rings. The second-order valence-corrected chi connectivity index (χ2v) is 6.54. The lowest BCUT2D eigenvalue weighted by Crippen LogP contribution is -2.49. The van der Waals surface area contributed by atoms with Crippen molar-refractivity contribution < 1.29 is 4.79 Å². The summed E-state index contributed by atoms with van der Waals surface area (Å²) in [6, 6.07) is 0.339. The molecule has 3 unspecified atom stereocenters. The zero-order valence-electron chi connectivity index (χ0n) is 13.0. The van der Waals surface area contributed by atoms with Gasteiger partial charge in [-0.15, -0.1) is 0 Å². The molecule has 0 aliphatic carbocycles. The van der Waals surface area contributed by atoms with Crippen LogP contribution in [0.1, 0.15) is 54.9 Å². The van der Waals surface area contributed by atoms with Gasteiger partial charge >= 0.3 is 0 Å². The number of carbonyl (C=O) groups excluding carboxylic acids is 1. The fraction of sp³-hybridized carbons (Fsp3) is 0.933. The monoisotopic (exact) mass is 254 g/mol. The van der Waals surface area contributed by atoms with E-state index < -0.39 is 0 Å². The number of amides is 1. The Bertz CT molecular complexity index is 286. The highest BCUT2D eigenvalue weighted by Gasteiger charge is 2.44. The molecular formula is C15H30N2O. The molecule has 106 valence electrons. The van der Waals surface area contributed by atoms with Crippen LogP contribution in [0.25, 0.3) is 0 Å². The summed E-state index contributed by atoms with van der Waals surface area (Å²) in [7, 11) is 0. The molecule has 1 amide bonds. The van der Waals surface area contributed by atoms with Crippen LogP contribution in [-0.2, 0) is 4.79 Å². The van der Waals surface area contributed by atoms with Gasteiger partial charge in [0.15, 0.2) is 0 Å². The zero-order chi connectivity index (χ0) is 14.0. The van der Waals surface area contributed by atoms with Crippen LogP contribution in [0.15, 0.2) is 0 Å². The predicted octanol–water partition coefficient (Wildman–Crippen LogP) is 2.86. The molecule has 1 aliphatic heterocycles. The van der Waals surface area contributed by atoms with Crippen molar-refractivity contribution in [1.82, 2.24) is 10.2 Å². The topological polar surface area (TPSA) is 32.3 Å². The summed E-state index contributed by atoms with van der Waals surface area (Å²) < 4.78 is 0. The molecule has 18 heavy (non-hydrogen) atoms. The van der Waals surface area contributed by atoms with Crippen molar-refractivity contribution in [3.63, 3.8) is 0 Å². The first-order valence-electron chi connectivity index (χ1n) is 7.39. The van der Waals surface area contributed by atoms with Crippen LogP contribution < -0.4 is 5.32 Å². The Morgan fingerprint density at radius 3 is 2.00 bits per heavy atom. The Morgan fingerprint density at radius 2 is 1.67 bits per heavy atom. The third kappa shape index (κ3) is 2.87. The molecule has 0 aromatic heterocycles. The van der Waals surface area contributed by atoms with Crippen LogP contribution in [0.3, 0.4) is 0 Å². The zero-order valence-corrected chi connectivity index (χ0v) is 13.0. The minimum Gasteiger partial charge on any atom is -0.322 e. The van der Waals surface area contributed by atoms with Crippen LogP contribution in [-0.4, -0.2) is 29.1 Å². The molecule has 0 radical (unpaired) electrons. The maximum Gasteiger partial charge on any atom is 0.241 e. The summed E-state index contributed by atoms with van der Waals surface area (Å²) in [4.78, 5) is 14.8. The second kappa shape index (κ2) is 6.05. The molecule has 0 saturated carbocycles. The summed E-state index contributed by atoms with van der Waals surface area (Å²) >= 11 is 0. The van der Waals surface area contributed by atoms with Crippen LogP contribution in [0.2, 0.25) is 0 Å². The van der Waals surface area contributed by atoms with E-state index in [0.29, 0.717) is 29.7 Å². The normalized spacial score (nSPS) is 26.8. The van der Waals surface area contributed by atoms with Crippen molar-refractivity contribution in [2.45, 2.75) is 73.1 Å². The lowest BCUT2D eigenvalue weighted by molar-refractivity contribution is -0.134. The van der Waals surface area contributed by atoms with Gasteiger partial charge in [-0.2, -0.15) is 0 Å². The van der Waals surface area contributed by atoms with Crippen molar-refractivity contribution in [3.05, 3.63) is 0 Å². The van der Waals surface area contributed by atoms with Gasteiger partial charge in [-0.1, -0.05) is 48.5 Å². The summed E-state index contributed by atoms with van der Waals surface area (Å²) in [5.74, 6) is 1.61. The van der Waals surface area contributed by atoms with E-state index in [-0.39, 0.29) is 12.2 Å². The molecule has 0 aromatic carbocycles. The van der Waals surface area contributed by atoms with Gasteiger partial charge in [-0.3, -0.25) is 10.1 Å². The molecule has 1 aliphatic rings. The van der Waals surface area contributed by atoms with Crippen molar-refractivity contribution >= 4 is 5.91 Å². The van der Waals surface area contributed by atoms with Crippen molar-refractivity contribution in [2.24, 2.45) is 17.8 Å². The van der Waals surface area contributed by atoms with Gasteiger partial charge in [0.25, 0.3) is 0 Å². The number of hydrogen-bond acceptors (Lipinski definition) is 2. The van der Waals surface area contributed by atoms with E-state index in [0.717, 1.165) is 6.42 Å². The SMILES string of the molecule is CCC(C(C)C)N1C(=O)C(C(C)C)NC1C(C)C. The van der Waals surface area contributed by atoms with Crippen LogP contribution >= 0.6 is 0 Å². The summed E-state index contributed by atoms with van der Waals surface area (Å²) in [5, 5.41) is 3.54. The number of carbonyl (C=O) groups is 1. The lowest BCUT2D eigenvalue weighted by Gasteiger charge is -2.36. The predicted molar refractivity (Wildman–Crippen MR) is 76.2 cm³/mol. The number of nitrogens with one attached hydrogen (secondary N) is 1. The number of nitrogens with zero attached hydrogens (tertiary/aromatic N) is 1. The molecule has 1 N–H and O–H groups in total. The van der Waals surface area contributed by atoms with Gasteiger partial charge < -0.3 is 4.90 Å². The Hall–Kier alpha value is -0.570. The average molecular weight is 254 g/mol. The average Bonchev–Trinajstić information content (AvgIpc) is 2.58. The summed E-state index contributed by atoms with van der Waals surface area (Å²) in [6.07, 6.45) is 1.22. The molecular weight excluding hydrogens is 224 g/mol. The van der Waals surface area contributed by atoms with Crippen molar-refractivity contribution in [1.29, 1.82) is 0 Å². The quantitative estimate of drug-likeness (QED) is 0.818. The summed E-state index contributed by atoms with van der Waals surface area (Å²) in [6.45, 7) is 15.2. The Morgan fingerprint density at radius 1 is 1.11 bits per heavy atom. The third-order valence-corrected chi connectivity index (χ3v) is 4.01. The fourth-order valence-electron chi connectivity index (χ4n) is 2.98. The number of hydrogen-bond donors (Lipinski definition) is 1. The van der Waals surface area contributed by atoms with Crippen LogP contribution in [0.5, 0.6) is 0 Å². The fourth-order valence-corrected chi connectivity index (χ4v) is 2.98. The van der Waals surface area contributed by atoms with Crippen molar-refractivity contribution in [2.75, 3.05) is 0 Å². The van der Waals surface area contributed by atoms with Crippen LogP contribution in [0, 0.1) is 17.8 Å². The van der Waals surface area contributed by atoms with Gasteiger partial charge in [0.1, 0.15) is 0 Å². The van der Waals surface area contributed by atoms with Gasteiger partial charge in [-0.05, 0) is 24.2 Å². The molecule has 3 nitrogen and oxygen atoms in total. The van der Waals surface area contributed by atoms with Crippen LogP contribution in [0.4, 0.5) is 0 Å². The molecule has 1 heterocycles. The highest BCUT2D eigenvalue weighted by atomic mass is 16.2. The number of rotatable bonds is 5. The summed E-state index contributed by atoms with van der Waals surface area (Å²) in [5.41, 5.74) is 0. The standard InChI is InChI=1S/C15H30N2O/c1-8-12(9(2)3)17-14(11(6)7)16-13(10(4)5)15(17)18/h9-14,16H,8H2,1-7H3. The molecule has 3 heteroatoms. The first-order chi connectivity index (χ1) is 8.31. The molecule has 0 spiro atoms. The molecule has 0 bridgehead atoms.